The van der Waals surface area contributed by atoms with Crippen LogP contribution in [-0.4, -0.2) is 57.7 Å². The molecule has 8 heteroatoms. The molecular weight excluding hydrogens is 368 g/mol. The highest BCUT2D eigenvalue weighted by Crippen LogP contribution is 2.38. The molecule has 6 atom stereocenters. The predicted octanol–water partition coefficient (Wildman–Crippen LogP) is 0.719. The van der Waals surface area contributed by atoms with Gasteiger partial charge in [0.05, 0.1) is 6.10 Å². The van der Waals surface area contributed by atoms with Gasteiger partial charge in [0.15, 0.2) is 6.29 Å². The number of aliphatic hydroxyl groups excluding tert-OH is 3. The van der Waals surface area contributed by atoms with Crippen molar-refractivity contribution in [2.75, 3.05) is 0 Å². The lowest BCUT2D eigenvalue weighted by Gasteiger charge is -2.43. The average Bonchev–Trinajstić information content (AvgIpc) is 3.06. The van der Waals surface area contributed by atoms with E-state index in [1.165, 1.54) is 6.07 Å². The first-order valence-corrected chi connectivity index (χ1v) is 9.26. The molecule has 3 N–H and O–H groups in total. The molecule has 1 aromatic carbocycles. The number of hydrogen-bond donors (Lipinski definition) is 3. The fourth-order valence-corrected chi connectivity index (χ4v) is 3.68. The SMILES string of the molecule is CC1O[C@@H](OC(C)(C)[C@@H]2Cc3cc4ccc(=O)oc4cc3O2)[C@@H](O)C(O)[C@H]1O. The third kappa shape index (κ3) is 3.31. The Morgan fingerprint density at radius 3 is 2.61 bits per heavy atom. The Hall–Kier alpha value is -1.97. The summed E-state index contributed by atoms with van der Waals surface area (Å²) in [5, 5.41) is 30.8. The van der Waals surface area contributed by atoms with Crippen molar-refractivity contribution >= 4 is 11.0 Å². The Morgan fingerprint density at radius 2 is 1.86 bits per heavy atom. The molecule has 0 spiro atoms. The number of fused-ring (bicyclic) bond motifs is 2. The van der Waals surface area contributed by atoms with Gasteiger partial charge in [0, 0.05) is 23.9 Å². The van der Waals surface area contributed by atoms with E-state index in [-0.39, 0.29) is 6.10 Å². The van der Waals surface area contributed by atoms with Crippen molar-refractivity contribution in [1.82, 2.24) is 0 Å². The topological polar surface area (TPSA) is 119 Å². The van der Waals surface area contributed by atoms with E-state index < -0.39 is 41.9 Å². The normalized spacial score (nSPS) is 32.9. The third-order valence-electron chi connectivity index (χ3n) is 5.48. The molecule has 0 saturated carbocycles. The number of ether oxygens (including phenoxy) is 3. The molecule has 2 aromatic rings. The van der Waals surface area contributed by atoms with Crippen LogP contribution in [0.5, 0.6) is 5.75 Å². The van der Waals surface area contributed by atoms with Crippen LogP contribution < -0.4 is 10.4 Å². The first-order chi connectivity index (χ1) is 13.2. The van der Waals surface area contributed by atoms with Crippen molar-refractivity contribution in [2.24, 2.45) is 0 Å². The van der Waals surface area contributed by atoms with Crippen LogP contribution in [0, 0.1) is 0 Å². The lowest BCUT2D eigenvalue weighted by molar-refractivity contribution is -0.323. The Bertz CT molecular complexity index is 935. The predicted molar refractivity (Wildman–Crippen MR) is 98.1 cm³/mol. The molecule has 0 amide bonds. The van der Waals surface area contributed by atoms with Crippen LogP contribution >= 0.6 is 0 Å². The minimum Gasteiger partial charge on any atom is -0.487 e. The molecule has 1 saturated heterocycles. The second-order valence-corrected chi connectivity index (χ2v) is 7.97. The minimum atomic E-state index is -1.38. The summed E-state index contributed by atoms with van der Waals surface area (Å²) in [6.45, 7) is 5.22. The summed E-state index contributed by atoms with van der Waals surface area (Å²) in [7, 11) is 0. The fourth-order valence-electron chi connectivity index (χ4n) is 3.68. The molecule has 152 valence electrons. The van der Waals surface area contributed by atoms with E-state index in [4.69, 9.17) is 18.6 Å². The van der Waals surface area contributed by atoms with Crippen molar-refractivity contribution in [2.45, 2.75) is 69.6 Å². The first kappa shape index (κ1) is 19.4. The molecule has 2 aliphatic rings. The van der Waals surface area contributed by atoms with Gasteiger partial charge in [0.1, 0.15) is 41.3 Å². The van der Waals surface area contributed by atoms with Gasteiger partial charge in [-0.05, 0) is 38.5 Å². The Balaban J connectivity index is 1.53. The van der Waals surface area contributed by atoms with Crippen LogP contribution in [0.2, 0.25) is 0 Å². The van der Waals surface area contributed by atoms with E-state index >= 15 is 0 Å². The maximum atomic E-state index is 11.4. The molecule has 1 aromatic heterocycles. The maximum absolute atomic E-state index is 11.4. The summed E-state index contributed by atoms with van der Waals surface area (Å²) in [6.07, 6.45) is -5.55. The Labute approximate surface area is 161 Å². The number of aliphatic hydroxyl groups is 3. The van der Waals surface area contributed by atoms with Gasteiger partial charge in [0.2, 0.25) is 0 Å². The average molecular weight is 392 g/mol. The minimum absolute atomic E-state index is 0.388. The van der Waals surface area contributed by atoms with Crippen LogP contribution in [0.25, 0.3) is 11.0 Å². The van der Waals surface area contributed by atoms with E-state index in [9.17, 15) is 20.1 Å². The van der Waals surface area contributed by atoms with E-state index in [1.807, 2.05) is 19.9 Å². The van der Waals surface area contributed by atoms with E-state index in [0.29, 0.717) is 17.8 Å². The van der Waals surface area contributed by atoms with Crippen molar-refractivity contribution in [3.63, 3.8) is 0 Å². The highest BCUT2D eigenvalue weighted by atomic mass is 16.7. The number of hydrogen-bond acceptors (Lipinski definition) is 8. The van der Waals surface area contributed by atoms with Gasteiger partial charge in [-0.3, -0.25) is 0 Å². The summed E-state index contributed by atoms with van der Waals surface area (Å²) < 4.78 is 22.8. The summed E-state index contributed by atoms with van der Waals surface area (Å²) in [5.74, 6) is 0.609. The van der Waals surface area contributed by atoms with Crippen molar-refractivity contribution in [3.05, 3.63) is 40.2 Å². The molecule has 2 unspecified atom stereocenters. The second-order valence-electron chi connectivity index (χ2n) is 7.97. The molecule has 2 aliphatic heterocycles. The number of benzene rings is 1. The zero-order valence-corrected chi connectivity index (χ0v) is 15.9. The second kappa shape index (κ2) is 6.82. The zero-order valence-electron chi connectivity index (χ0n) is 15.9. The van der Waals surface area contributed by atoms with E-state index in [1.54, 1.807) is 19.1 Å². The van der Waals surface area contributed by atoms with Gasteiger partial charge < -0.3 is 33.9 Å². The van der Waals surface area contributed by atoms with Gasteiger partial charge >= 0.3 is 5.63 Å². The monoisotopic (exact) mass is 392 g/mol. The lowest BCUT2D eigenvalue weighted by Crippen LogP contribution is -2.60. The van der Waals surface area contributed by atoms with Gasteiger partial charge in [-0.25, -0.2) is 4.79 Å². The van der Waals surface area contributed by atoms with E-state index in [0.717, 1.165) is 10.9 Å². The van der Waals surface area contributed by atoms with Crippen molar-refractivity contribution < 1.29 is 33.9 Å². The molecular formula is C20H24O8. The molecule has 0 radical (unpaired) electrons. The summed E-state index contributed by atoms with van der Waals surface area (Å²) >= 11 is 0. The molecule has 8 nitrogen and oxygen atoms in total. The molecule has 3 heterocycles. The molecule has 1 fully saturated rings. The zero-order chi connectivity index (χ0) is 20.2. The van der Waals surface area contributed by atoms with Crippen LogP contribution in [0.15, 0.2) is 33.5 Å². The summed E-state index contributed by atoms with van der Waals surface area (Å²) in [6, 6.07) is 6.68. The van der Waals surface area contributed by atoms with E-state index in [2.05, 4.69) is 0 Å². The fraction of sp³-hybridized carbons (Fsp3) is 0.550. The van der Waals surface area contributed by atoms with Crippen LogP contribution in [0.3, 0.4) is 0 Å². The van der Waals surface area contributed by atoms with Crippen LogP contribution in [0.1, 0.15) is 26.3 Å². The molecule has 4 rings (SSSR count). The molecule has 0 bridgehead atoms. The van der Waals surface area contributed by atoms with Crippen molar-refractivity contribution in [1.29, 1.82) is 0 Å². The number of rotatable bonds is 3. The quantitative estimate of drug-likeness (QED) is 0.654. The highest BCUT2D eigenvalue weighted by Gasteiger charge is 2.47. The van der Waals surface area contributed by atoms with Gasteiger partial charge in [0.25, 0.3) is 0 Å². The summed E-state index contributed by atoms with van der Waals surface area (Å²) in [4.78, 5) is 11.4. The Morgan fingerprint density at radius 1 is 1.11 bits per heavy atom. The van der Waals surface area contributed by atoms with Crippen molar-refractivity contribution in [3.8, 4) is 5.75 Å². The van der Waals surface area contributed by atoms with Gasteiger partial charge in [-0.1, -0.05) is 0 Å². The van der Waals surface area contributed by atoms with Crippen LogP contribution in [0.4, 0.5) is 0 Å². The molecule has 0 aliphatic carbocycles. The van der Waals surface area contributed by atoms with Gasteiger partial charge in [-0.15, -0.1) is 0 Å². The first-order valence-electron chi connectivity index (χ1n) is 9.26. The largest absolute Gasteiger partial charge is 0.487 e. The third-order valence-corrected chi connectivity index (χ3v) is 5.48. The van der Waals surface area contributed by atoms with Crippen LogP contribution in [-0.2, 0) is 15.9 Å². The van der Waals surface area contributed by atoms with Gasteiger partial charge in [-0.2, -0.15) is 0 Å². The highest BCUT2D eigenvalue weighted by molar-refractivity contribution is 5.79. The summed E-state index contributed by atoms with van der Waals surface area (Å²) in [5.41, 5.74) is 0.0999. The molecule has 28 heavy (non-hydrogen) atoms. The Kier molecular flexibility index (Phi) is 4.71. The maximum Gasteiger partial charge on any atom is 0.336 e. The smallest absolute Gasteiger partial charge is 0.336 e. The lowest BCUT2D eigenvalue weighted by atomic mass is 9.95. The standard InChI is InChI=1S/C20H24O8/c1-9-16(22)17(23)18(24)19(25-9)28-20(2,3)14-7-11-6-10-4-5-15(21)27-12(10)8-13(11)26-14/h4-6,8-9,14,16-19,22-24H,7H2,1-3H3/t9?,14-,16-,17?,18-,19-/m0/s1.